The number of pyridine rings is 2. The van der Waals surface area contributed by atoms with Crippen LogP contribution >= 0.6 is 0 Å². The Morgan fingerprint density at radius 1 is 1.16 bits per heavy atom. The zero-order valence-corrected chi connectivity index (χ0v) is 16.5. The van der Waals surface area contributed by atoms with Crippen molar-refractivity contribution >= 4 is 45.2 Å². The Balaban J connectivity index is 2.04. The quantitative estimate of drug-likeness (QED) is 0.265. The predicted octanol–water partition coefficient (Wildman–Crippen LogP) is 3.61. The van der Waals surface area contributed by atoms with E-state index < -0.39 is 0 Å². The SMILES string of the molecule is C=CC(=O)Nc1cccc(-n2c(=O)ccc3cnc4ccc(/C(C=N)=C/N)cc4c32)c1. The summed E-state index contributed by atoms with van der Waals surface area (Å²) >= 11 is 0. The molecule has 7 nitrogen and oxygen atoms in total. The topological polar surface area (TPSA) is 114 Å². The van der Waals surface area contributed by atoms with Crippen LogP contribution in [0.5, 0.6) is 0 Å². The molecule has 2 heterocycles. The standard InChI is InChI=1S/C24H19N5O2/c1-2-22(30)28-18-4-3-5-19(11-18)29-23(31)9-7-16-14-27-21-8-6-15(17(12-25)13-26)10-20(21)24(16)29/h2-14,25H,1,26H2,(H,28,30)/b17-13+,25-12?. The third-order valence-electron chi connectivity index (χ3n) is 4.94. The first kappa shape index (κ1) is 19.8. The van der Waals surface area contributed by atoms with Gasteiger partial charge < -0.3 is 16.5 Å². The summed E-state index contributed by atoms with van der Waals surface area (Å²) in [5.74, 6) is -0.338. The lowest BCUT2D eigenvalue weighted by Crippen LogP contribution is -2.18. The summed E-state index contributed by atoms with van der Waals surface area (Å²) in [5, 5.41) is 11.8. The van der Waals surface area contributed by atoms with E-state index >= 15 is 0 Å². The molecule has 0 bridgehead atoms. The summed E-state index contributed by atoms with van der Waals surface area (Å²) in [7, 11) is 0. The first-order valence-electron chi connectivity index (χ1n) is 9.47. The minimum absolute atomic E-state index is 0.223. The van der Waals surface area contributed by atoms with E-state index in [2.05, 4.69) is 16.9 Å². The fourth-order valence-corrected chi connectivity index (χ4v) is 3.49. The van der Waals surface area contributed by atoms with E-state index in [0.29, 0.717) is 28.0 Å². The lowest BCUT2D eigenvalue weighted by Gasteiger charge is -2.14. The van der Waals surface area contributed by atoms with Gasteiger partial charge in [-0.25, -0.2) is 0 Å². The molecular weight excluding hydrogens is 390 g/mol. The van der Waals surface area contributed by atoms with Crippen molar-refractivity contribution in [3.8, 4) is 5.69 Å². The Morgan fingerprint density at radius 3 is 2.74 bits per heavy atom. The van der Waals surface area contributed by atoms with Gasteiger partial charge in [0.05, 0.1) is 16.7 Å². The lowest BCUT2D eigenvalue weighted by atomic mass is 10.0. The number of carbonyl (C=O) groups excluding carboxylic acids is 1. The largest absolute Gasteiger partial charge is 0.404 e. The highest BCUT2D eigenvalue weighted by Gasteiger charge is 2.12. The fourth-order valence-electron chi connectivity index (χ4n) is 3.49. The minimum Gasteiger partial charge on any atom is -0.404 e. The van der Waals surface area contributed by atoms with Crippen LogP contribution in [0.25, 0.3) is 33.1 Å². The molecule has 0 unspecified atom stereocenters. The fraction of sp³-hybridized carbons (Fsp3) is 0. The number of aromatic nitrogens is 2. The third kappa shape index (κ3) is 3.60. The molecule has 0 aliphatic carbocycles. The maximum atomic E-state index is 13.0. The normalized spacial score (nSPS) is 11.4. The molecule has 4 rings (SSSR count). The number of fused-ring (bicyclic) bond motifs is 3. The molecule has 0 spiro atoms. The van der Waals surface area contributed by atoms with Crippen LogP contribution < -0.4 is 16.6 Å². The molecule has 2 aromatic carbocycles. The average Bonchev–Trinajstić information content (AvgIpc) is 2.79. The number of rotatable bonds is 5. The molecule has 0 radical (unpaired) electrons. The number of nitrogens with zero attached hydrogens (tertiary/aromatic N) is 2. The van der Waals surface area contributed by atoms with Crippen molar-refractivity contribution in [2.45, 2.75) is 0 Å². The number of anilines is 1. The van der Waals surface area contributed by atoms with Crippen LogP contribution in [0.2, 0.25) is 0 Å². The highest BCUT2D eigenvalue weighted by atomic mass is 16.1. The van der Waals surface area contributed by atoms with Crippen molar-refractivity contribution in [2.24, 2.45) is 5.73 Å². The van der Waals surface area contributed by atoms with Gasteiger partial charge in [-0.2, -0.15) is 0 Å². The van der Waals surface area contributed by atoms with Crippen molar-refractivity contribution in [3.05, 3.63) is 95.6 Å². The number of hydrogen-bond donors (Lipinski definition) is 3. The summed E-state index contributed by atoms with van der Waals surface area (Å²) in [6.07, 6.45) is 5.44. The Morgan fingerprint density at radius 2 is 2.00 bits per heavy atom. The van der Waals surface area contributed by atoms with Gasteiger partial charge in [-0.1, -0.05) is 18.7 Å². The molecule has 0 saturated heterocycles. The molecule has 0 fully saturated rings. The van der Waals surface area contributed by atoms with E-state index in [-0.39, 0.29) is 11.5 Å². The van der Waals surface area contributed by atoms with E-state index in [1.807, 2.05) is 18.2 Å². The van der Waals surface area contributed by atoms with Gasteiger partial charge in [-0.05, 0) is 48.0 Å². The van der Waals surface area contributed by atoms with Gasteiger partial charge in [0.15, 0.2) is 0 Å². The second-order valence-corrected chi connectivity index (χ2v) is 6.81. The molecule has 0 aliphatic rings. The second-order valence-electron chi connectivity index (χ2n) is 6.81. The smallest absolute Gasteiger partial charge is 0.255 e. The molecule has 7 heteroatoms. The molecule has 2 aromatic heterocycles. The zero-order chi connectivity index (χ0) is 22.0. The number of nitrogens with two attached hydrogens (primary N) is 1. The van der Waals surface area contributed by atoms with Gasteiger partial charge in [0.25, 0.3) is 5.56 Å². The molecular formula is C24H19N5O2. The first-order chi connectivity index (χ1) is 15.0. The number of nitrogens with one attached hydrogen (secondary N) is 2. The van der Waals surface area contributed by atoms with Gasteiger partial charge in [-0.15, -0.1) is 0 Å². The lowest BCUT2D eigenvalue weighted by molar-refractivity contribution is -0.111. The van der Waals surface area contributed by atoms with Gasteiger partial charge in [0.1, 0.15) is 0 Å². The Labute approximate surface area is 177 Å². The second kappa shape index (κ2) is 8.08. The van der Waals surface area contributed by atoms with Gasteiger partial charge in [0.2, 0.25) is 5.91 Å². The minimum atomic E-state index is -0.338. The van der Waals surface area contributed by atoms with Crippen LogP contribution in [0.4, 0.5) is 5.69 Å². The Hall–Kier alpha value is -4.52. The molecule has 0 saturated carbocycles. The van der Waals surface area contributed by atoms with Gasteiger partial charge in [-0.3, -0.25) is 19.1 Å². The van der Waals surface area contributed by atoms with E-state index in [9.17, 15) is 9.59 Å². The van der Waals surface area contributed by atoms with E-state index in [1.165, 1.54) is 24.6 Å². The van der Waals surface area contributed by atoms with E-state index in [1.54, 1.807) is 41.1 Å². The number of allylic oxidation sites excluding steroid dienone is 1. The van der Waals surface area contributed by atoms with Crippen molar-refractivity contribution in [1.29, 1.82) is 5.41 Å². The summed E-state index contributed by atoms with van der Waals surface area (Å²) in [6.45, 7) is 3.46. The van der Waals surface area contributed by atoms with Crippen molar-refractivity contribution in [2.75, 3.05) is 5.32 Å². The van der Waals surface area contributed by atoms with E-state index in [0.717, 1.165) is 16.3 Å². The zero-order valence-electron chi connectivity index (χ0n) is 16.5. The van der Waals surface area contributed by atoms with Crippen LogP contribution in [0, 0.1) is 5.41 Å². The van der Waals surface area contributed by atoms with Crippen LogP contribution in [-0.2, 0) is 4.79 Å². The molecule has 1 amide bonds. The maximum Gasteiger partial charge on any atom is 0.255 e. The number of amides is 1. The summed E-state index contributed by atoms with van der Waals surface area (Å²) in [4.78, 5) is 29.2. The number of hydrogen-bond acceptors (Lipinski definition) is 5. The van der Waals surface area contributed by atoms with Gasteiger partial charge in [0, 0.05) is 46.7 Å². The predicted molar refractivity (Wildman–Crippen MR) is 125 cm³/mol. The molecule has 31 heavy (non-hydrogen) atoms. The van der Waals surface area contributed by atoms with Crippen LogP contribution in [0.1, 0.15) is 5.56 Å². The van der Waals surface area contributed by atoms with Crippen molar-refractivity contribution in [1.82, 2.24) is 9.55 Å². The number of carbonyl (C=O) groups is 1. The molecule has 152 valence electrons. The Bertz CT molecular complexity index is 1450. The van der Waals surface area contributed by atoms with Crippen molar-refractivity contribution < 1.29 is 4.79 Å². The summed E-state index contributed by atoms with van der Waals surface area (Å²) in [5.41, 5.74) is 9.25. The summed E-state index contributed by atoms with van der Waals surface area (Å²) in [6, 6.07) is 15.8. The van der Waals surface area contributed by atoms with Crippen LogP contribution in [0.15, 0.2) is 84.4 Å². The highest BCUT2D eigenvalue weighted by molar-refractivity contribution is 6.11. The molecule has 0 aliphatic heterocycles. The summed E-state index contributed by atoms with van der Waals surface area (Å²) < 4.78 is 1.59. The monoisotopic (exact) mass is 409 g/mol. The Kier molecular flexibility index (Phi) is 5.15. The first-order valence-corrected chi connectivity index (χ1v) is 9.47. The van der Waals surface area contributed by atoms with E-state index in [4.69, 9.17) is 11.1 Å². The molecule has 4 aromatic rings. The number of benzene rings is 2. The third-order valence-corrected chi connectivity index (χ3v) is 4.94. The maximum absolute atomic E-state index is 13.0. The van der Waals surface area contributed by atoms with Crippen LogP contribution in [-0.4, -0.2) is 21.7 Å². The molecule has 0 atom stereocenters. The van der Waals surface area contributed by atoms with Crippen LogP contribution in [0.3, 0.4) is 0 Å². The van der Waals surface area contributed by atoms with Crippen molar-refractivity contribution in [3.63, 3.8) is 0 Å². The average molecular weight is 409 g/mol. The molecule has 4 N–H and O–H groups in total. The van der Waals surface area contributed by atoms with Gasteiger partial charge >= 0.3 is 0 Å². The highest BCUT2D eigenvalue weighted by Crippen LogP contribution is 2.28.